The van der Waals surface area contributed by atoms with Crippen LogP contribution in [0.25, 0.3) is 6.08 Å². The summed E-state index contributed by atoms with van der Waals surface area (Å²) in [4.78, 5) is 17.3. The molecular weight excluding hydrogens is 451 g/mol. The third-order valence-corrected chi connectivity index (χ3v) is 6.02. The van der Waals surface area contributed by atoms with Gasteiger partial charge in [-0.25, -0.2) is 4.99 Å². The quantitative estimate of drug-likeness (QED) is 0.283. The maximum absolute atomic E-state index is 12.3. The smallest absolute Gasteiger partial charge is 0.264 e. The molecule has 1 aliphatic rings. The average Bonchev–Trinajstić information content (AvgIpc) is 3.06. The van der Waals surface area contributed by atoms with Gasteiger partial charge >= 0.3 is 0 Å². The Morgan fingerprint density at radius 2 is 1.68 bits per heavy atom. The largest absolute Gasteiger partial charge is 0.494 e. The Morgan fingerprint density at radius 3 is 2.39 bits per heavy atom. The van der Waals surface area contributed by atoms with E-state index in [2.05, 4.69) is 17.2 Å². The fourth-order valence-electron chi connectivity index (χ4n) is 3.09. The standard InChI is InChI=1S/C24H26Cl2N2O2S/c1-2-3-4-5-6-7-12-30-21-10-8-17(9-11-21)13-22-23(29)28-24(31-22)27-20-15-18(25)14-19(26)16-20/h8-11,13-16H,2-7,12H2,1H3,(H,27,28,29). The van der Waals surface area contributed by atoms with Crippen LogP contribution in [0.15, 0.2) is 52.4 Å². The number of nitrogens with zero attached hydrogens (tertiary/aromatic N) is 1. The third-order valence-electron chi connectivity index (χ3n) is 4.67. The fraction of sp³-hybridized carbons (Fsp3) is 0.333. The number of benzene rings is 2. The van der Waals surface area contributed by atoms with Gasteiger partial charge in [-0.05, 0) is 60.2 Å². The normalized spacial score (nSPS) is 16.2. The van der Waals surface area contributed by atoms with Crippen LogP contribution in [0.3, 0.4) is 0 Å². The Hall–Kier alpha value is -1.95. The summed E-state index contributed by atoms with van der Waals surface area (Å²) in [6, 6.07) is 12.8. The fourth-order valence-corrected chi connectivity index (χ4v) is 4.44. The number of carbonyl (C=O) groups excluding carboxylic acids is 1. The van der Waals surface area contributed by atoms with Crippen molar-refractivity contribution in [1.29, 1.82) is 0 Å². The highest BCUT2D eigenvalue weighted by atomic mass is 35.5. The Kier molecular flexibility index (Phi) is 9.31. The van der Waals surface area contributed by atoms with Crippen LogP contribution in [-0.2, 0) is 4.79 Å². The second-order valence-corrected chi connectivity index (χ2v) is 9.20. The SMILES string of the molecule is CCCCCCCCOc1ccc(C=C2SC(=Nc3cc(Cl)cc(Cl)c3)NC2=O)cc1. The van der Waals surface area contributed by atoms with Gasteiger partial charge in [-0.15, -0.1) is 0 Å². The van der Waals surface area contributed by atoms with Crippen molar-refractivity contribution in [2.24, 2.45) is 4.99 Å². The minimum absolute atomic E-state index is 0.180. The van der Waals surface area contributed by atoms with Crippen LogP contribution >= 0.6 is 35.0 Å². The molecule has 0 aliphatic carbocycles. The van der Waals surface area contributed by atoms with E-state index in [1.807, 2.05) is 30.3 Å². The second kappa shape index (κ2) is 12.2. The minimum atomic E-state index is -0.180. The maximum Gasteiger partial charge on any atom is 0.264 e. The van der Waals surface area contributed by atoms with E-state index in [9.17, 15) is 4.79 Å². The molecule has 1 amide bonds. The lowest BCUT2D eigenvalue weighted by molar-refractivity contribution is -0.115. The van der Waals surface area contributed by atoms with E-state index in [1.165, 1.54) is 43.9 Å². The van der Waals surface area contributed by atoms with Gasteiger partial charge in [0, 0.05) is 10.0 Å². The lowest BCUT2D eigenvalue weighted by atomic mass is 10.1. The summed E-state index contributed by atoms with van der Waals surface area (Å²) < 4.78 is 5.82. The molecule has 2 aromatic rings. The van der Waals surface area contributed by atoms with Crippen molar-refractivity contribution < 1.29 is 9.53 Å². The molecule has 1 fully saturated rings. The number of aliphatic imine (C=N–C) groups is 1. The summed E-state index contributed by atoms with van der Waals surface area (Å²) in [6.07, 6.45) is 9.29. The number of hydrogen-bond acceptors (Lipinski definition) is 4. The van der Waals surface area contributed by atoms with Gasteiger partial charge in [-0.3, -0.25) is 4.79 Å². The first kappa shape index (κ1) is 23.7. The number of hydrogen-bond donors (Lipinski definition) is 1. The molecule has 1 aliphatic heterocycles. The summed E-state index contributed by atoms with van der Waals surface area (Å²) in [5.74, 6) is 0.666. The molecule has 0 radical (unpaired) electrons. The van der Waals surface area contributed by atoms with Crippen LogP contribution in [-0.4, -0.2) is 17.7 Å². The number of halogens is 2. The molecule has 1 N–H and O–H groups in total. The first-order valence-electron chi connectivity index (χ1n) is 10.5. The van der Waals surface area contributed by atoms with Crippen LogP contribution in [0.1, 0.15) is 51.0 Å². The summed E-state index contributed by atoms with van der Waals surface area (Å²) in [6.45, 7) is 2.96. The molecule has 164 valence electrons. The Bertz CT molecular complexity index is 938. The zero-order chi connectivity index (χ0) is 22.1. The monoisotopic (exact) mass is 476 g/mol. The molecular formula is C24H26Cl2N2O2S. The highest BCUT2D eigenvalue weighted by Crippen LogP contribution is 2.30. The molecule has 1 saturated heterocycles. The van der Waals surface area contributed by atoms with Gasteiger partial charge in [0.05, 0.1) is 17.2 Å². The number of carbonyl (C=O) groups is 1. The Balaban J connectivity index is 1.53. The van der Waals surface area contributed by atoms with Crippen LogP contribution in [0.4, 0.5) is 5.69 Å². The van der Waals surface area contributed by atoms with Crippen molar-refractivity contribution in [1.82, 2.24) is 5.32 Å². The van der Waals surface area contributed by atoms with Gasteiger partial charge in [-0.1, -0.05) is 74.4 Å². The molecule has 3 rings (SSSR count). The van der Waals surface area contributed by atoms with Crippen molar-refractivity contribution in [2.75, 3.05) is 6.61 Å². The summed E-state index contributed by atoms with van der Waals surface area (Å²) in [5, 5.41) is 4.26. The molecule has 2 aromatic carbocycles. The van der Waals surface area contributed by atoms with E-state index in [-0.39, 0.29) is 5.91 Å². The van der Waals surface area contributed by atoms with Crippen LogP contribution in [0, 0.1) is 0 Å². The van der Waals surface area contributed by atoms with E-state index in [0.29, 0.717) is 25.8 Å². The number of amides is 1. The van der Waals surface area contributed by atoms with Crippen molar-refractivity contribution in [3.63, 3.8) is 0 Å². The molecule has 0 atom stereocenters. The lowest BCUT2D eigenvalue weighted by Gasteiger charge is -2.06. The second-order valence-electron chi connectivity index (χ2n) is 7.29. The molecule has 0 unspecified atom stereocenters. The number of unbranched alkanes of at least 4 members (excludes halogenated alkanes) is 5. The molecule has 1 heterocycles. The average molecular weight is 477 g/mol. The maximum atomic E-state index is 12.3. The zero-order valence-electron chi connectivity index (χ0n) is 17.5. The van der Waals surface area contributed by atoms with Crippen LogP contribution < -0.4 is 10.1 Å². The predicted molar refractivity (Wildman–Crippen MR) is 133 cm³/mol. The van der Waals surface area contributed by atoms with Gasteiger partial charge in [0.25, 0.3) is 5.91 Å². The summed E-state index contributed by atoms with van der Waals surface area (Å²) in [7, 11) is 0. The van der Waals surface area contributed by atoms with Gasteiger partial charge < -0.3 is 10.1 Å². The predicted octanol–water partition coefficient (Wildman–Crippen LogP) is 7.62. The van der Waals surface area contributed by atoms with Crippen molar-refractivity contribution in [2.45, 2.75) is 45.4 Å². The van der Waals surface area contributed by atoms with E-state index in [0.717, 1.165) is 24.3 Å². The number of amidine groups is 1. The Morgan fingerprint density at radius 1 is 1.00 bits per heavy atom. The Labute approximate surface area is 198 Å². The van der Waals surface area contributed by atoms with E-state index in [1.54, 1.807) is 18.2 Å². The van der Waals surface area contributed by atoms with Gasteiger partial charge in [0.1, 0.15) is 5.75 Å². The molecule has 4 nitrogen and oxygen atoms in total. The van der Waals surface area contributed by atoms with Crippen LogP contribution in [0.2, 0.25) is 10.0 Å². The summed E-state index contributed by atoms with van der Waals surface area (Å²) >= 11 is 13.3. The zero-order valence-corrected chi connectivity index (χ0v) is 19.8. The number of rotatable bonds is 10. The van der Waals surface area contributed by atoms with Gasteiger partial charge in [-0.2, -0.15) is 0 Å². The van der Waals surface area contributed by atoms with Crippen molar-refractivity contribution in [3.05, 3.63) is 63.0 Å². The minimum Gasteiger partial charge on any atom is -0.494 e. The molecule has 0 saturated carbocycles. The molecule has 0 bridgehead atoms. The number of nitrogens with one attached hydrogen (secondary N) is 1. The lowest BCUT2D eigenvalue weighted by Crippen LogP contribution is -2.19. The van der Waals surface area contributed by atoms with Crippen molar-refractivity contribution in [3.8, 4) is 5.75 Å². The van der Waals surface area contributed by atoms with E-state index in [4.69, 9.17) is 27.9 Å². The molecule has 7 heteroatoms. The van der Waals surface area contributed by atoms with Crippen LogP contribution in [0.5, 0.6) is 5.75 Å². The molecule has 31 heavy (non-hydrogen) atoms. The highest BCUT2D eigenvalue weighted by Gasteiger charge is 2.23. The number of thioether (sulfide) groups is 1. The van der Waals surface area contributed by atoms with Gasteiger partial charge in [0.2, 0.25) is 0 Å². The van der Waals surface area contributed by atoms with Gasteiger partial charge in [0.15, 0.2) is 5.17 Å². The topological polar surface area (TPSA) is 50.7 Å². The number of ether oxygens (including phenoxy) is 1. The van der Waals surface area contributed by atoms with E-state index >= 15 is 0 Å². The third kappa shape index (κ3) is 7.91. The van der Waals surface area contributed by atoms with E-state index < -0.39 is 0 Å². The first-order chi connectivity index (χ1) is 15.0. The highest BCUT2D eigenvalue weighted by molar-refractivity contribution is 8.18. The summed E-state index contributed by atoms with van der Waals surface area (Å²) in [5.41, 5.74) is 1.52. The van der Waals surface area contributed by atoms with Crippen molar-refractivity contribution >= 4 is 57.8 Å². The molecule has 0 aromatic heterocycles. The first-order valence-corrected chi connectivity index (χ1v) is 12.1. The molecule has 0 spiro atoms.